The summed E-state index contributed by atoms with van der Waals surface area (Å²) in [5, 5.41) is 12.3. The average molecular weight is 226 g/mol. The van der Waals surface area contributed by atoms with Gasteiger partial charge in [0.15, 0.2) is 0 Å². The number of aryl methyl sites for hydroxylation is 1. The van der Waals surface area contributed by atoms with Gasteiger partial charge in [-0.2, -0.15) is 0 Å². The fourth-order valence-corrected chi connectivity index (χ4v) is 1.25. The van der Waals surface area contributed by atoms with Crippen LogP contribution in [0.15, 0.2) is 29.8 Å². The third kappa shape index (κ3) is 3.29. The normalized spacial score (nSPS) is 9.73. The fraction of sp³-hybridized carbons (Fsp3) is 0.182. The number of aromatic carboxylic acids is 1. The Hall–Kier alpha value is -1.48. The monoisotopic (exact) mass is 225 g/mol. The predicted molar refractivity (Wildman–Crippen MR) is 61.6 cm³/mol. The highest BCUT2D eigenvalue weighted by Crippen LogP contribution is 2.17. The van der Waals surface area contributed by atoms with E-state index in [9.17, 15) is 4.79 Å². The number of anilines is 1. The molecule has 80 valence electrons. The van der Waals surface area contributed by atoms with E-state index in [1.54, 1.807) is 18.2 Å². The molecule has 0 heterocycles. The van der Waals surface area contributed by atoms with Gasteiger partial charge in [-0.05, 0) is 30.7 Å². The first-order chi connectivity index (χ1) is 7.00. The Balaban J connectivity index is 2.83. The molecular formula is C11H12ClNO2. The molecule has 3 nitrogen and oxygen atoms in total. The van der Waals surface area contributed by atoms with Crippen LogP contribution in [-0.4, -0.2) is 17.6 Å². The van der Waals surface area contributed by atoms with Crippen molar-refractivity contribution in [1.82, 2.24) is 0 Å². The summed E-state index contributed by atoms with van der Waals surface area (Å²) in [6.07, 6.45) is 0. The zero-order valence-corrected chi connectivity index (χ0v) is 9.14. The fourth-order valence-electron chi connectivity index (χ4n) is 1.19. The molecule has 2 N–H and O–H groups in total. The van der Waals surface area contributed by atoms with Gasteiger partial charge in [0.05, 0.1) is 12.1 Å². The van der Waals surface area contributed by atoms with E-state index in [1.807, 2.05) is 6.92 Å². The van der Waals surface area contributed by atoms with Crippen molar-refractivity contribution < 1.29 is 9.90 Å². The maximum absolute atomic E-state index is 10.7. The molecule has 0 bridgehead atoms. The second kappa shape index (κ2) is 4.84. The van der Waals surface area contributed by atoms with Gasteiger partial charge in [0.1, 0.15) is 0 Å². The molecule has 0 fully saturated rings. The standard InChI is InChI=1S/C11H12ClNO2/c1-7-5-9(11(14)15)3-4-10(7)13-6-8(2)12/h3-5,13H,2,6H2,1H3,(H,14,15). The Morgan fingerprint density at radius 2 is 2.27 bits per heavy atom. The Morgan fingerprint density at radius 1 is 1.60 bits per heavy atom. The van der Waals surface area contributed by atoms with Crippen LogP contribution in [0.25, 0.3) is 0 Å². The molecule has 0 spiro atoms. The third-order valence-corrected chi connectivity index (χ3v) is 2.08. The van der Waals surface area contributed by atoms with Crippen molar-refractivity contribution in [3.05, 3.63) is 40.9 Å². The Bertz CT molecular complexity index is 402. The minimum Gasteiger partial charge on any atom is -0.478 e. The van der Waals surface area contributed by atoms with E-state index in [-0.39, 0.29) is 5.56 Å². The summed E-state index contributed by atoms with van der Waals surface area (Å²) in [4.78, 5) is 10.7. The summed E-state index contributed by atoms with van der Waals surface area (Å²) in [6.45, 7) is 5.86. The van der Waals surface area contributed by atoms with Crippen LogP contribution in [0, 0.1) is 6.92 Å². The van der Waals surface area contributed by atoms with Crippen LogP contribution in [-0.2, 0) is 0 Å². The van der Waals surface area contributed by atoms with E-state index < -0.39 is 5.97 Å². The lowest BCUT2D eigenvalue weighted by Crippen LogP contribution is -2.04. The summed E-state index contributed by atoms with van der Waals surface area (Å²) in [5.74, 6) is -0.925. The van der Waals surface area contributed by atoms with Gasteiger partial charge < -0.3 is 10.4 Å². The minimum atomic E-state index is -0.925. The smallest absolute Gasteiger partial charge is 0.335 e. The molecule has 0 saturated heterocycles. The highest BCUT2D eigenvalue weighted by atomic mass is 35.5. The quantitative estimate of drug-likeness (QED) is 0.829. The Morgan fingerprint density at radius 3 is 2.73 bits per heavy atom. The van der Waals surface area contributed by atoms with Gasteiger partial charge in [0.2, 0.25) is 0 Å². The number of hydrogen-bond acceptors (Lipinski definition) is 2. The molecule has 0 aliphatic carbocycles. The van der Waals surface area contributed by atoms with Crippen molar-refractivity contribution in [1.29, 1.82) is 0 Å². The van der Waals surface area contributed by atoms with Crippen molar-refractivity contribution in [2.24, 2.45) is 0 Å². The zero-order valence-electron chi connectivity index (χ0n) is 8.38. The lowest BCUT2D eigenvalue weighted by molar-refractivity contribution is 0.0697. The Kier molecular flexibility index (Phi) is 3.74. The van der Waals surface area contributed by atoms with E-state index in [4.69, 9.17) is 16.7 Å². The van der Waals surface area contributed by atoms with Crippen LogP contribution in [0.4, 0.5) is 5.69 Å². The molecule has 0 amide bonds. The van der Waals surface area contributed by atoms with Crippen molar-refractivity contribution in [2.75, 3.05) is 11.9 Å². The van der Waals surface area contributed by atoms with Crippen LogP contribution >= 0.6 is 11.6 Å². The maximum atomic E-state index is 10.7. The highest BCUT2D eigenvalue weighted by molar-refractivity contribution is 6.29. The molecule has 0 radical (unpaired) electrons. The van der Waals surface area contributed by atoms with E-state index in [1.165, 1.54) is 0 Å². The van der Waals surface area contributed by atoms with Gasteiger partial charge in [0.25, 0.3) is 0 Å². The number of hydrogen-bond donors (Lipinski definition) is 2. The van der Waals surface area contributed by atoms with Crippen LogP contribution in [0.1, 0.15) is 15.9 Å². The summed E-state index contributed by atoms with van der Waals surface area (Å²) in [5.41, 5.74) is 2.01. The van der Waals surface area contributed by atoms with Crippen LogP contribution in [0.5, 0.6) is 0 Å². The van der Waals surface area contributed by atoms with E-state index in [0.29, 0.717) is 11.6 Å². The first kappa shape index (κ1) is 11.6. The van der Waals surface area contributed by atoms with Crippen LogP contribution < -0.4 is 5.32 Å². The average Bonchev–Trinajstić information content (AvgIpc) is 2.15. The SMILES string of the molecule is C=C(Cl)CNc1ccc(C(=O)O)cc1C. The maximum Gasteiger partial charge on any atom is 0.335 e. The molecular weight excluding hydrogens is 214 g/mol. The molecule has 15 heavy (non-hydrogen) atoms. The lowest BCUT2D eigenvalue weighted by Gasteiger charge is -2.09. The molecule has 1 aromatic carbocycles. The largest absolute Gasteiger partial charge is 0.478 e. The third-order valence-electron chi connectivity index (χ3n) is 1.94. The van der Waals surface area contributed by atoms with E-state index in [2.05, 4.69) is 11.9 Å². The molecule has 1 rings (SSSR count). The zero-order chi connectivity index (χ0) is 11.4. The first-order valence-corrected chi connectivity index (χ1v) is 4.79. The molecule has 0 aliphatic rings. The van der Waals surface area contributed by atoms with Gasteiger partial charge in [-0.25, -0.2) is 4.79 Å². The number of benzene rings is 1. The first-order valence-electron chi connectivity index (χ1n) is 4.42. The molecule has 0 aliphatic heterocycles. The minimum absolute atomic E-state index is 0.280. The van der Waals surface area contributed by atoms with Crippen molar-refractivity contribution >= 4 is 23.3 Å². The predicted octanol–water partition coefficient (Wildman–Crippen LogP) is 2.86. The Labute approximate surface area is 93.4 Å². The lowest BCUT2D eigenvalue weighted by atomic mass is 10.1. The van der Waals surface area contributed by atoms with Crippen LogP contribution in [0.2, 0.25) is 0 Å². The van der Waals surface area contributed by atoms with Crippen LogP contribution in [0.3, 0.4) is 0 Å². The molecule has 4 heteroatoms. The number of nitrogens with one attached hydrogen (secondary N) is 1. The van der Waals surface area contributed by atoms with Crippen molar-refractivity contribution in [2.45, 2.75) is 6.92 Å². The van der Waals surface area contributed by atoms with Gasteiger partial charge in [-0.1, -0.05) is 18.2 Å². The van der Waals surface area contributed by atoms with E-state index >= 15 is 0 Å². The van der Waals surface area contributed by atoms with Crippen molar-refractivity contribution in [3.63, 3.8) is 0 Å². The molecule has 0 aromatic heterocycles. The number of halogens is 1. The second-order valence-corrected chi connectivity index (χ2v) is 3.74. The number of carbonyl (C=O) groups is 1. The van der Waals surface area contributed by atoms with Gasteiger partial charge in [0, 0.05) is 10.7 Å². The second-order valence-electron chi connectivity index (χ2n) is 3.21. The summed E-state index contributed by atoms with van der Waals surface area (Å²) in [7, 11) is 0. The van der Waals surface area contributed by atoms with Gasteiger partial charge >= 0.3 is 5.97 Å². The summed E-state index contributed by atoms with van der Waals surface area (Å²) >= 11 is 5.61. The highest BCUT2D eigenvalue weighted by Gasteiger charge is 2.05. The number of rotatable bonds is 4. The van der Waals surface area contributed by atoms with E-state index in [0.717, 1.165) is 11.3 Å². The molecule has 0 unspecified atom stereocenters. The molecule has 0 atom stereocenters. The van der Waals surface area contributed by atoms with Crippen molar-refractivity contribution in [3.8, 4) is 0 Å². The summed E-state index contributed by atoms with van der Waals surface area (Å²) in [6, 6.07) is 4.88. The molecule has 1 aromatic rings. The number of carboxylic acid groups (broad SMARTS) is 1. The van der Waals surface area contributed by atoms with Gasteiger partial charge in [-0.3, -0.25) is 0 Å². The molecule has 0 saturated carbocycles. The number of carboxylic acids is 1. The topological polar surface area (TPSA) is 49.3 Å². The van der Waals surface area contributed by atoms with Gasteiger partial charge in [-0.15, -0.1) is 0 Å². The summed E-state index contributed by atoms with van der Waals surface area (Å²) < 4.78 is 0.